The Balaban J connectivity index is 2.26. The van der Waals surface area contributed by atoms with Crippen LogP contribution in [0.15, 0.2) is 0 Å². The molecule has 1 rings (SSSR count). The molecule has 0 aromatic heterocycles. The zero-order valence-electron chi connectivity index (χ0n) is 10.5. The molecule has 1 aliphatic heterocycles. The van der Waals surface area contributed by atoms with Gasteiger partial charge >= 0.3 is 0 Å². The number of rotatable bonds is 5. The van der Waals surface area contributed by atoms with E-state index in [0.29, 0.717) is 31.9 Å². The maximum Gasteiger partial charge on any atom is 0.220 e. The van der Waals surface area contributed by atoms with E-state index in [1.54, 1.807) is 0 Å². The summed E-state index contributed by atoms with van der Waals surface area (Å²) in [4.78, 5) is 11.5. The number of hydrogen-bond acceptors (Lipinski definition) is 3. The summed E-state index contributed by atoms with van der Waals surface area (Å²) in [5.41, 5.74) is -0.881. The van der Waals surface area contributed by atoms with Crippen LogP contribution in [0.1, 0.15) is 40.0 Å². The van der Waals surface area contributed by atoms with Crippen LogP contribution in [-0.4, -0.2) is 35.9 Å². The topological polar surface area (TPSA) is 58.6 Å². The van der Waals surface area contributed by atoms with E-state index in [2.05, 4.69) is 19.2 Å². The number of carbonyl (C=O) groups is 1. The Morgan fingerprint density at radius 2 is 2.31 bits per heavy atom. The molecule has 0 aliphatic carbocycles. The van der Waals surface area contributed by atoms with Crippen LogP contribution < -0.4 is 5.32 Å². The Hall–Kier alpha value is -0.610. The predicted octanol–water partition coefficient (Wildman–Crippen LogP) is 1.08. The molecule has 0 spiro atoms. The number of carbonyl (C=O) groups excluding carboxylic acids is 1. The minimum atomic E-state index is -0.881. The Bertz CT molecular complexity index is 242. The van der Waals surface area contributed by atoms with Gasteiger partial charge in [0.05, 0.1) is 6.10 Å². The van der Waals surface area contributed by atoms with Crippen LogP contribution in [0.4, 0.5) is 0 Å². The second kappa shape index (κ2) is 5.64. The van der Waals surface area contributed by atoms with E-state index in [1.807, 2.05) is 6.92 Å². The zero-order valence-corrected chi connectivity index (χ0v) is 10.5. The van der Waals surface area contributed by atoms with E-state index in [9.17, 15) is 9.90 Å². The Morgan fingerprint density at radius 1 is 1.62 bits per heavy atom. The van der Waals surface area contributed by atoms with Crippen LogP contribution in [0.25, 0.3) is 0 Å². The summed E-state index contributed by atoms with van der Waals surface area (Å²) >= 11 is 0. The number of amides is 1. The average molecular weight is 229 g/mol. The summed E-state index contributed by atoms with van der Waals surface area (Å²) in [7, 11) is 0. The van der Waals surface area contributed by atoms with Gasteiger partial charge in [-0.25, -0.2) is 0 Å². The fourth-order valence-electron chi connectivity index (χ4n) is 1.76. The highest BCUT2D eigenvalue weighted by Crippen LogP contribution is 2.24. The SMILES string of the molecule is CC(C)CCC(=O)NCC1(O)CCOC1C. The van der Waals surface area contributed by atoms with Crippen molar-refractivity contribution in [1.82, 2.24) is 5.32 Å². The molecule has 2 N–H and O–H groups in total. The maximum absolute atomic E-state index is 11.5. The first-order chi connectivity index (χ1) is 7.44. The van der Waals surface area contributed by atoms with Gasteiger partial charge in [-0.3, -0.25) is 4.79 Å². The smallest absolute Gasteiger partial charge is 0.220 e. The molecule has 0 bridgehead atoms. The van der Waals surface area contributed by atoms with Crippen molar-refractivity contribution in [3.63, 3.8) is 0 Å². The first kappa shape index (κ1) is 13.5. The molecular formula is C12H23NO3. The summed E-state index contributed by atoms with van der Waals surface area (Å²) in [6.07, 6.45) is 1.82. The monoisotopic (exact) mass is 229 g/mol. The summed E-state index contributed by atoms with van der Waals surface area (Å²) in [5.74, 6) is 0.545. The van der Waals surface area contributed by atoms with E-state index in [1.165, 1.54) is 0 Å². The van der Waals surface area contributed by atoms with Gasteiger partial charge in [-0.2, -0.15) is 0 Å². The highest BCUT2D eigenvalue weighted by Gasteiger charge is 2.39. The fraction of sp³-hybridized carbons (Fsp3) is 0.917. The Morgan fingerprint density at radius 3 is 2.81 bits per heavy atom. The normalized spacial score (nSPS) is 29.7. The molecule has 0 aromatic rings. The molecule has 4 nitrogen and oxygen atoms in total. The molecule has 0 aromatic carbocycles. The molecule has 2 atom stereocenters. The molecule has 0 radical (unpaired) electrons. The lowest BCUT2D eigenvalue weighted by Gasteiger charge is -2.26. The maximum atomic E-state index is 11.5. The molecule has 2 unspecified atom stereocenters. The molecule has 1 saturated heterocycles. The minimum absolute atomic E-state index is 0.0150. The number of ether oxygens (including phenoxy) is 1. The van der Waals surface area contributed by atoms with Crippen LogP contribution in [0, 0.1) is 5.92 Å². The molecule has 4 heteroatoms. The second-order valence-electron chi connectivity index (χ2n) is 5.08. The van der Waals surface area contributed by atoms with Crippen LogP contribution >= 0.6 is 0 Å². The first-order valence-corrected chi connectivity index (χ1v) is 6.05. The van der Waals surface area contributed by atoms with Crippen LogP contribution in [0.5, 0.6) is 0 Å². The number of nitrogens with one attached hydrogen (secondary N) is 1. The van der Waals surface area contributed by atoms with Crippen molar-refractivity contribution < 1.29 is 14.6 Å². The van der Waals surface area contributed by atoms with Crippen LogP contribution in [0.3, 0.4) is 0 Å². The lowest BCUT2D eigenvalue weighted by Crippen LogP contribution is -2.47. The highest BCUT2D eigenvalue weighted by atomic mass is 16.5. The van der Waals surface area contributed by atoms with Gasteiger partial charge in [0.1, 0.15) is 5.60 Å². The second-order valence-corrected chi connectivity index (χ2v) is 5.08. The molecule has 94 valence electrons. The van der Waals surface area contributed by atoms with Crippen molar-refractivity contribution in [2.75, 3.05) is 13.2 Å². The third-order valence-electron chi connectivity index (χ3n) is 3.20. The van der Waals surface area contributed by atoms with Gasteiger partial charge < -0.3 is 15.2 Å². The molecule has 1 heterocycles. The molecule has 16 heavy (non-hydrogen) atoms. The summed E-state index contributed by atoms with van der Waals surface area (Å²) in [5, 5.41) is 12.9. The van der Waals surface area contributed by atoms with Crippen molar-refractivity contribution >= 4 is 5.91 Å². The van der Waals surface area contributed by atoms with Gasteiger partial charge in [0.25, 0.3) is 0 Å². The van der Waals surface area contributed by atoms with Crippen molar-refractivity contribution in [3.8, 4) is 0 Å². The van der Waals surface area contributed by atoms with E-state index >= 15 is 0 Å². The molecule has 1 fully saturated rings. The third-order valence-corrected chi connectivity index (χ3v) is 3.20. The van der Waals surface area contributed by atoms with E-state index in [4.69, 9.17) is 4.74 Å². The summed E-state index contributed by atoms with van der Waals surface area (Å²) in [6.45, 7) is 6.89. The van der Waals surface area contributed by atoms with E-state index in [0.717, 1.165) is 6.42 Å². The standard InChI is InChI=1S/C12H23NO3/c1-9(2)4-5-11(14)13-8-12(15)6-7-16-10(12)3/h9-10,15H,4-8H2,1-3H3,(H,13,14). The van der Waals surface area contributed by atoms with Gasteiger partial charge in [0.2, 0.25) is 5.91 Å². The third kappa shape index (κ3) is 3.76. The minimum Gasteiger partial charge on any atom is -0.385 e. The lowest BCUT2D eigenvalue weighted by molar-refractivity contribution is -0.123. The lowest BCUT2D eigenvalue weighted by atomic mass is 9.96. The van der Waals surface area contributed by atoms with Crippen LogP contribution in [0.2, 0.25) is 0 Å². The van der Waals surface area contributed by atoms with Gasteiger partial charge in [0, 0.05) is 26.0 Å². The van der Waals surface area contributed by atoms with Crippen molar-refractivity contribution in [2.24, 2.45) is 5.92 Å². The fourth-order valence-corrected chi connectivity index (χ4v) is 1.76. The van der Waals surface area contributed by atoms with E-state index in [-0.39, 0.29) is 12.0 Å². The number of aliphatic hydroxyl groups is 1. The summed E-state index contributed by atoms with van der Waals surface area (Å²) in [6, 6.07) is 0. The molecule has 1 aliphatic rings. The largest absolute Gasteiger partial charge is 0.385 e. The molecular weight excluding hydrogens is 206 g/mol. The average Bonchev–Trinajstić information content (AvgIpc) is 2.54. The van der Waals surface area contributed by atoms with Crippen molar-refractivity contribution in [1.29, 1.82) is 0 Å². The zero-order chi connectivity index (χ0) is 12.2. The van der Waals surface area contributed by atoms with Crippen molar-refractivity contribution in [2.45, 2.75) is 51.7 Å². The molecule has 0 saturated carbocycles. The Labute approximate surface area is 97.4 Å². The quantitative estimate of drug-likeness (QED) is 0.741. The van der Waals surface area contributed by atoms with Crippen LogP contribution in [-0.2, 0) is 9.53 Å². The van der Waals surface area contributed by atoms with Gasteiger partial charge in [-0.15, -0.1) is 0 Å². The van der Waals surface area contributed by atoms with Gasteiger partial charge in [-0.1, -0.05) is 13.8 Å². The van der Waals surface area contributed by atoms with Gasteiger partial charge in [-0.05, 0) is 19.3 Å². The van der Waals surface area contributed by atoms with E-state index < -0.39 is 5.60 Å². The first-order valence-electron chi connectivity index (χ1n) is 6.05. The predicted molar refractivity (Wildman–Crippen MR) is 62.1 cm³/mol. The Kier molecular flexibility index (Phi) is 4.74. The summed E-state index contributed by atoms with van der Waals surface area (Å²) < 4.78 is 5.30. The van der Waals surface area contributed by atoms with Gasteiger partial charge in [0.15, 0.2) is 0 Å². The van der Waals surface area contributed by atoms with Crippen molar-refractivity contribution in [3.05, 3.63) is 0 Å². The highest BCUT2D eigenvalue weighted by molar-refractivity contribution is 5.75. The number of hydrogen-bond donors (Lipinski definition) is 2. The molecule has 1 amide bonds.